The van der Waals surface area contributed by atoms with Gasteiger partial charge in [0.1, 0.15) is 16.9 Å². The number of nitrogens with zero attached hydrogens (tertiary/aromatic N) is 2. The Morgan fingerprint density at radius 3 is 2.64 bits per heavy atom. The Morgan fingerprint density at radius 2 is 2.00 bits per heavy atom. The lowest BCUT2D eigenvalue weighted by Crippen LogP contribution is -2.13. The molecule has 0 aliphatic carbocycles. The molecule has 118 valence electrons. The van der Waals surface area contributed by atoms with E-state index < -0.39 is 12.3 Å². The molecule has 0 amide bonds. The van der Waals surface area contributed by atoms with Crippen LogP contribution in [0.3, 0.4) is 0 Å². The first-order valence-electron chi connectivity index (χ1n) is 6.17. The standard InChI is InChI=1S/C13H15N2O5PS/c1-15(21(22,18-2)19-3)14-8-10-12(16)9-6-4-5-7-11(9)20-13(10)17/h4-8,16H,1-3H3/b14-8+. The average molecular weight is 342 g/mol. The summed E-state index contributed by atoms with van der Waals surface area (Å²) in [6.45, 7) is -2.73. The first-order valence-corrected chi connectivity index (χ1v) is 8.76. The van der Waals surface area contributed by atoms with Crippen molar-refractivity contribution < 1.29 is 18.6 Å². The van der Waals surface area contributed by atoms with Gasteiger partial charge in [-0.25, -0.2) is 9.57 Å². The molecule has 9 heteroatoms. The lowest BCUT2D eigenvalue weighted by molar-refractivity contribution is 0.284. The molecule has 0 unspecified atom stereocenters. The van der Waals surface area contributed by atoms with Crippen molar-refractivity contribution in [3.05, 3.63) is 40.2 Å². The van der Waals surface area contributed by atoms with E-state index in [1.807, 2.05) is 0 Å². The van der Waals surface area contributed by atoms with Crippen molar-refractivity contribution in [2.75, 3.05) is 21.3 Å². The third-order valence-corrected chi connectivity index (χ3v) is 6.33. The maximum Gasteiger partial charge on any atom is 0.349 e. The number of rotatable bonds is 5. The van der Waals surface area contributed by atoms with Crippen LogP contribution in [-0.4, -0.2) is 37.4 Å². The summed E-state index contributed by atoms with van der Waals surface area (Å²) in [6, 6.07) is 6.67. The smallest absolute Gasteiger partial charge is 0.349 e. The van der Waals surface area contributed by atoms with Crippen molar-refractivity contribution in [3.8, 4) is 5.75 Å². The fourth-order valence-electron chi connectivity index (χ4n) is 1.78. The molecule has 1 heterocycles. The van der Waals surface area contributed by atoms with Gasteiger partial charge in [-0.2, -0.15) is 5.10 Å². The molecule has 2 aromatic rings. The number of fused-ring (bicyclic) bond motifs is 1. The van der Waals surface area contributed by atoms with Crippen LogP contribution in [0, 0.1) is 0 Å². The monoisotopic (exact) mass is 342 g/mol. The van der Waals surface area contributed by atoms with E-state index in [1.165, 1.54) is 25.2 Å². The fraction of sp³-hybridized carbons (Fsp3) is 0.231. The molecule has 1 N–H and O–H groups in total. The zero-order chi connectivity index (χ0) is 16.3. The number of hydrazone groups is 1. The number of benzene rings is 1. The van der Waals surface area contributed by atoms with Gasteiger partial charge in [0, 0.05) is 21.3 Å². The Balaban J connectivity index is 2.46. The van der Waals surface area contributed by atoms with E-state index in [4.69, 9.17) is 25.3 Å². The van der Waals surface area contributed by atoms with Crippen LogP contribution in [0.2, 0.25) is 0 Å². The Bertz CT molecular complexity index is 812. The van der Waals surface area contributed by atoms with Crippen LogP contribution in [0.25, 0.3) is 11.0 Å². The van der Waals surface area contributed by atoms with Crippen LogP contribution in [0.5, 0.6) is 5.75 Å². The molecule has 0 saturated carbocycles. The molecule has 0 bridgehead atoms. The maximum absolute atomic E-state index is 11.9. The molecule has 1 aromatic heterocycles. The highest BCUT2D eigenvalue weighted by Crippen LogP contribution is 2.49. The molecule has 22 heavy (non-hydrogen) atoms. The summed E-state index contributed by atoms with van der Waals surface area (Å²) in [7, 11) is 4.39. The van der Waals surface area contributed by atoms with E-state index in [2.05, 4.69) is 5.10 Å². The summed E-state index contributed by atoms with van der Waals surface area (Å²) in [4.78, 5) is 11.9. The molecule has 2 rings (SSSR count). The molecular weight excluding hydrogens is 327 g/mol. The van der Waals surface area contributed by atoms with Crippen LogP contribution in [0.15, 0.2) is 38.6 Å². The minimum Gasteiger partial charge on any atom is -0.506 e. The van der Waals surface area contributed by atoms with Gasteiger partial charge in [-0.3, -0.25) is 0 Å². The zero-order valence-corrected chi connectivity index (χ0v) is 13.9. The summed E-state index contributed by atoms with van der Waals surface area (Å²) in [5.41, 5.74) is -0.467. The topological polar surface area (TPSA) is 84.5 Å². The summed E-state index contributed by atoms with van der Waals surface area (Å²) in [6.07, 6.45) is 1.17. The zero-order valence-electron chi connectivity index (χ0n) is 12.2. The molecule has 0 fully saturated rings. The molecule has 7 nitrogen and oxygen atoms in total. The van der Waals surface area contributed by atoms with E-state index in [9.17, 15) is 9.90 Å². The predicted octanol–water partition coefficient (Wildman–Crippen LogP) is 2.28. The second kappa shape index (κ2) is 6.58. The van der Waals surface area contributed by atoms with Crippen molar-refractivity contribution in [2.24, 2.45) is 5.10 Å². The van der Waals surface area contributed by atoms with Crippen molar-refractivity contribution in [2.45, 2.75) is 0 Å². The van der Waals surface area contributed by atoms with Gasteiger partial charge in [0.2, 0.25) is 0 Å². The number of aromatic hydroxyl groups is 1. The lowest BCUT2D eigenvalue weighted by atomic mass is 10.1. The second-order valence-corrected chi connectivity index (χ2v) is 7.85. The van der Waals surface area contributed by atoms with Gasteiger partial charge in [0.25, 0.3) is 0 Å². The summed E-state index contributed by atoms with van der Waals surface area (Å²) in [5.74, 6) is -0.202. The third kappa shape index (κ3) is 3.05. The molecule has 0 saturated heterocycles. The van der Waals surface area contributed by atoms with Gasteiger partial charge in [-0.1, -0.05) is 12.1 Å². The van der Waals surface area contributed by atoms with E-state index in [1.54, 1.807) is 31.3 Å². The highest BCUT2D eigenvalue weighted by atomic mass is 32.5. The van der Waals surface area contributed by atoms with Gasteiger partial charge in [0.05, 0.1) is 11.6 Å². The third-order valence-electron chi connectivity index (χ3n) is 2.99. The Labute approximate surface area is 132 Å². The van der Waals surface area contributed by atoms with Crippen LogP contribution in [0.4, 0.5) is 0 Å². The maximum atomic E-state index is 11.9. The molecule has 0 radical (unpaired) electrons. The average Bonchev–Trinajstić information content (AvgIpc) is 2.53. The van der Waals surface area contributed by atoms with Crippen LogP contribution >= 0.6 is 6.64 Å². The fourth-order valence-corrected chi connectivity index (χ4v) is 2.70. The summed E-state index contributed by atoms with van der Waals surface area (Å²) in [5, 5.41) is 14.7. The normalized spacial score (nSPS) is 12.1. The van der Waals surface area contributed by atoms with E-state index in [0.29, 0.717) is 11.0 Å². The Morgan fingerprint density at radius 1 is 1.36 bits per heavy atom. The van der Waals surface area contributed by atoms with Gasteiger partial charge < -0.3 is 18.6 Å². The highest BCUT2D eigenvalue weighted by Gasteiger charge is 2.21. The summed E-state index contributed by atoms with van der Waals surface area (Å²) >= 11 is 5.20. The van der Waals surface area contributed by atoms with Crippen molar-refractivity contribution >= 4 is 35.6 Å². The van der Waals surface area contributed by atoms with Crippen LogP contribution in [0.1, 0.15) is 5.56 Å². The van der Waals surface area contributed by atoms with Crippen molar-refractivity contribution in [1.82, 2.24) is 4.78 Å². The quantitative estimate of drug-likeness (QED) is 0.386. The van der Waals surface area contributed by atoms with Gasteiger partial charge >= 0.3 is 12.3 Å². The minimum absolute atomic E-state index is 0.0701. The van der Waals surface area contributed by atoms with Crippen molar-refractivity contribution in [1.29, 1.82) is 0 Å². The molecular formula is C13H15N2O5PS. The number of para-hydroxylation sites is 1. The predicted molar refractivity (Wildman–Crippen MR) is 87.8 cm³/mol. The first kappa shape index (κ1) is 16.6. The first-order chi connectivity index (χ1) is 10.4. The molecule has 0 atom stereocenters. The molecule has 1 aromatic carbocycles. The lowest BCUT2D eigenvalue weighted by Gasteiger charge is -2.24. The van der Waals surface area contributed by atoms with E-state index >= 15 is 0 Å². The van der Waals surface area contributed by atoms with E-state index in [0.717, 1.165) is 0 Å². The van der Waals surface area contributed by atoms with E-state index in [-0.39, 0.29) is 11.3 Å². The second-order valence-electron chi connectivity index (χ2n) is 4.22. The largest absolute Gasteiger partial charge is 0.506 e. The van der Waals surface area contributed by atoms with Gasteiger partial charge in [0.15, 0.2) is 0 Å². The molecule has 0 aliphatic rings. The molecule has 0 spiro atoms. The molecule has 0 aliphatic heterocycles. The Kier molecular flexibility index (Phi) is 4.97. The van der Waals surface area contributed by atoms with Gasteiger partial charge in [-0.05, 0) is 23.9 Å². The summed E-state index contributed by atoms with van der Waals surface area (Å²) < 4.78 is 16.7. The number of hydrogen-bond donors (Lipinski definition) is 1. The minimum atomic E-state index is -2.73. The Hall–Kier alpha value is -1.73. The van der Waals surface area contributed by atoms with Crippen molar-refractivity contribution in [3.63, 3.8) is 0 Å². The van der Waals surface area contributed by atoms with Crippen LogP contribution in [-0.2, 0) is 20.9 Å². The number of hydrogen-bond acceptors (Lipinski definition) is 7. The SMILES string of the molecule is COP(=S)(OC)N(C)/N=C/c1c(O)c2ccccc2oc1=O. The van der Waals surface area contributed by atoms with Gasteiger partial charge in [-0.15, -0.1) is 0 Å². The van der Waals surface area contributed by atoms with Crippen LogP contribution < -0.4 is 5.63 Å². The highest BCUT2D eigenvalue weighted by molar-refractivity contribution is 8.08.